The number of nitrogens with zero attached hydrogens (tertiary/aromatic N) is 4. The van der Waals surface area contributed by atoms with Gasteiger partial charge >= 0.3 is 0 Å². The van der Waals surface area contributed by atoms with E-state index in [-0.39, 0.29) is 5.69 Å². The minimum Gasteiger partial charge on any atom is -0.364 e. The molecule has 12 heavy (non-hydrogen) atoms. The molecule has 0 fully saturated rings. The third-order valence-electron chi connectivity index (χ3n) is 1.41. The maximum Gasteiger partial charge on any atom is 0.273 e. The van der Waals surface area contributed by atoms with Crippen molar-refractivity contribution in [1.82, 2.24) is 19.8 Å². The molecule has 6 heteroatoms. The number of rotatable bonds is 1. The van der Waals surface area contributed by atoms with Crippen molar-refractivity contribution in [3.8, 4) is 0 Å². The maximum atomic E-state index is 10.7. The van der Waals surface area contributed by atoms with E-state index in [1.807, 2.05) is 0 Å². The van der Waals surface area contributed by atoms with Gasteiger partial charge in [0.1, 0.15) is 0 Å². The topological polar surface area (TPSA) is 86.2 Å². The van der Waals surface area contributed by atoms with Crippen molar-refractivity contribution in [2.75, 3.05) is 0 Å². The first-order chi connectivity index (χ1) is 5.79. The smallest absolute Gasteiger partial charge is 0.273 e. The lowest BCUT2D eigenvalue weighted by atomic mass is 10.4. The summed E-state index contributed by atoms with van der Waals surface area (Å²) in [5.41, 5.74) is 5.50. The average Bonchev–Trinajstić information content (AvgIpc) is 2.47. The van der Waals surface area contributed by atoms with Crippen LogP contribution in [0.15, 0.2) is 18.5 Å². The van der Waals surface area contributed by atoms with Crippen LogP contribution in [0.2, 0.25) is 0 Å². The number of nitrogens with two attached hydrogens (primary N) is 1. The largest absolute Gasteiger partial charge is 0.364 e. The Balaban J connectivity index is 2.79. The number of amides is 1. The molecule has 0 unspecified atom stereocenters. The van der Waals surface area contributed by atoms with Gasteiger partial charge in [0, 0.05) is 12.4 Å². The van der Waals surface area contributed by atoms with Gasteiger partial charge in [0.2, 0.25) is 0 Å². The zero-order chi connectivity index (χ0) is 8.55. The minimum atomic E-state index is -0.622. The second kappa shape index (κ2) is 2.26. The van der Waals surface area contributed by atoms with Crippen molar-refractivity contribution in [3.63, 3.8) is 0 Å². The van der Waals surface area contributed by atoms with Crippen molar-refractivity contribution in [1.29, 1.82) is 0 Å². The lowest BCUT2D eigenvalue weighted by Crippen LogP contribution is -2.12. The highest BCUT2D eigenvalue weighted by atomic mass is 16.1. The Kier molecular flexibility index (Phi) is 1.26. The molecule has 0 saturated carbocycles. The fraction of sp³-hybridized carbons (Fsp3) is 0. The molecule has 60 valence electrons. The summed E-state index contributed by atoms with van der Waals surface area (Å²) in [6.07, 6.45) is 3.19. The molecule has 2 rings (SSSR count). The lowest BCUT2D eigenvalue weighted by molar-refractivity contribution is 0.0997. The summed E-state index contributed by atoms with van der Waals surface area (Å²) in [4.78, 5) is 14.6. The molecule has 1 amide bonds. The van der Waals surface area contributed by atoms with Gasteiger partial charge < -0.3 is 5.73 Å². The number of hydrogen-bond donors (Lipinski definition) is 1. The highest BCUT2D eigenvalue weighted by Crippen LogP contribution is 2.00. The van der Waals surface area contributed by atoms with Gasteiger partial charge in [0.25, 0.3) is 5.91 Å². The van der Waals surface area contributed by atoms with Crippen LogP contribution in [-0.4, -0.2) is 25.7 Å². The molecule has 0 spiro atoms. The van der Waals surface area contributed by atoms with Gasteiger partial charge in [-0.3, -0.25) is 4.79 Å². The molecule has 2 heterocycles. The van der Waals surface area contributed by atoms with Gasteiger partial charge in [0.15, 0.2) is 11.3 Å². The SMILES string of the molecule is NC(=O)c1nnn2cccnc12. The molecular formula is C6H5N5O. The van der Waals surface area contributed by atoms with E-state index in [1.165, 1.54) is 4.52 Å². The van der Waals surface area contributed by atoms with Gasteiger partial charge in [-0.2, -0.15) is 0 Å². The Morgan fingerprint density at radius 1 is 1.58 bits per heavy atom. The second-order valence-electron chi connectivity index (χ2n) is 2.19. The highest BCUT2D eigenvalue weighted by Gasteiger charge is 2.10. The van der Waals surface area contributed by atoms with Gasteiger partial charge in [-0.15, -0.1) is 5.10 Å². The summed E-state index contributed by atoms with van der Waals surface area (Å²) in [7, 11) is 0. The first-order valence-corrected chi connectivity index (χ1v) is 3.25. The zero-order valence-electron chi connectivity index (χ0n) is 6.01. The molecule has 6 nitrogen and oxygen atoms in total. The summed E-state index contributed by atoms with van der Waals surface area (Å²) >= 11 is 0. The summed E-state index contributed by atoms with van der Waals surface area (Å²) < 4.78 is 1.39. The molecular weight excluding hydrogens is 158 g/mol. The van der Waals surface area contributed by atoms with Crippen molar-refractivity contribution < 1.29 is 4.79 Å². The van der Waals surface area contributed by atoms with Crippen LogP contribution >= 0.6 is 0 Å². The van der Waals surface area contributed by atoms with Crippen LogP contribution < -0.4 is 5.73 Å². The normalized spacial score (nSPS) is 10.3. The van der Waals surface area contributed by atoms with Crippen LogP contribution in [0.25, 0.3) is 5.65 Å². The quantitative estimate of drug-likeness (QED) is 0.597. The Labute approximate surface area is 67.0 Å². The van der Waals surface area contributed by atoms with Crippen molar-refractivity contribution >= 4 is 11.6 Å². The van der Waals surface area contributed by atoms with E-state index in [0.717, 1.165) is 0 Å². The third kappa shape index (κ3) is 0.815. The Morgan fingerprint density at radius 3 is 3.17 bits per heavy atom. The molecule has 0 aromatic carbocycles. The van der Waals surface area contributed by atoms with Crippen molar-refractivity contribution in [2.24, 2.45) is 5.73 Å². The van der Waals surface area contributed by atoms with Crippen LogP contribution in [0.5, 0.6) is 0 Å². The number of carbonyl (C=O) groups is 1. The standard InChI is InChI=1S/C6H5N5O/c7-5(12)4-6-8-2-1-3-11(6)10-9-4/h1-3H,(H2,7,12). The molecule has 0 aliphatic heterocycles. The van der Waals surface area contributed by atoms with E-state index in [9.17, 15) is 4.79 Å². The number of carbonyl (C=O) groups excluding carboxylic acids is 1. The van der Waals surface area contributed by atoms with Crippen molar-refractivity contribution in [2.45, 2.75) is 0 Å². The Bertz CT molecular complexity index is 434. The van der Waals surface area contributed by atoms with E-state index < -0.39 is 5.91 Å². The van der Waals surface area contributed by atoms with Crippen molar-refractivity contribution in [3.05, 3.63) is 24.2 Å². The molecule has 0 saturated heterocycles. The van der Waals surface area contributed by atoms with E-state index in [2.05, 4.69) is 15.3 Å². The summed E-state index contributed by atoms with van der Waals surface area (Å²) in [6.45, 7) is 0. The average molecular weight is 163 g/mol. The second-order valence-corrected chi connectivity index (χ2v) is 2.19. The molecule has 0 bridgehead atoms. The molecule has 0 radical (unpaired) electrons. The molecule has 0 atom stereocenters. The lowest BCUT2D eigenvalue weighted by Gasteiger charge is -1.88. The van der Waals surface area contributed by atoms with Gasteiger partial charge in [-0.05, 0) is 6.07 Å². The Morgan fingerprint density at radius 2 is 2.42 bits per heavy atom. The first kappa shape index (κ1) is 6.71. The van der Waals surface area contributed by atoms with E-state index in [1.54, 1.807) is 18.5 Å². The monoisotopic (exact) mass is 163 g/mol. The van der Waals surface area contributed by atoms with Gasteiger partial charge in [-0.1, -0.05) is 5.21 Å². The molecule has 2 aromatic rings. The van der Waals surface area contributed by atoms with Crippen LogP contribution in [0, 0.1) is 0 Å². The zero-order valence-corrected chi connectivity index (χ0v) is 6.01. The van der Waals surface area contributed by atoms with E-state index in [4.69, 9.17) is 5.73 Å². The number of primary amides is 1. The fourth-order valence-corrected chi connectivity index (χ4v) is 0.902. The molecule has 2 aromatic heterocycles. The molecule has 0 aliphatic carbocycles. The fourth-order valence-electron chi connectivity index (χ4n) is 0.902. The van der Waals surface area contributed by atoms with Crippen LogP contribution in [-0.2, 0) is 0 Å². The van der Waals surface area contributed by atoms with Crippen LogP contribution in [0.1, 0.15) is 10.5 Å². The predicted octanol–water partition coefficient (Wildman–Crippen LogP) is -0.777. The Hall–Kier alpha value is -1.98. The predicted molar refractivity (Wildman–Crippen MR) is 39.3 cm³/mol. The number of aromatic nitrogens is 4. The number of fused-ring (bicyclic) bond motifs is 1. The van der Waals surface area contributed by atoms with Gasteiger partial charge in [0.05, 0.1) is 0 Å². The third-order valence-corrected chi connectivity index (χ3v) is 1.41. The summed E-state index contributed by atoms with van der Waals surface area (Å²) in [6, 6.07) is 1.69. The van der Waals surface area contributed by atoms with Crippen LogP contribution in [0.3, 0.4) is 0 Å². The first-order valence-electron chi connectivity index (χ1n) is 3.25. The van der Waals surface area contributed by atoms with E-state index in [0.29, 0.717) is 5.65 Å². The van der Waals surface area contributed by atoms with Crippen LogP contribution in [0.4, 0.5) is 0 Å². The van der Waals surface area contributed by atoms with E-state index >= 15 is 0 Å². The maximum absolute atomic E-state index is 10.7. The van der Waals surface area contributed by atoms with Gasteiger partial charge in [-0.25, -0.2) is 9.50 Å². The highest BCUT2D eigenvalue weighted by molar-refractivity contribution is 5.96. The molecule has 0 aliphatic rings. The molecule has 2 N–H and O–H groups in total. The summed E-state index contributed by atoms with van der Waals surface area (Å²) in [5, 5.41) is 7.21. The number of hydrogen-bond acceptors (Lipinski definition) is 4. The summed E-state index contributed by atoms with van der Waals surface area (Å²) in [5.74, 6) is -0.622. The minimum absolute atomic E-state index is 0.0931.